The van der Waals surface area contributed by atoms with Gasteiger partial charge in [0.1, 0.15) is 11.4 Å². The molecule has 1 aromatic heterocycles. The zero-order valence-electron chi connectivity index (χ0n) is 7.93. The molecule has 0 unspecified atom stereocenters. The Labute approximate surface area is 94.5 Å². The minimum atomic E-state index is -0.667. The zero-order chi connectivity index (χ0) is 11.9. The highest BCUT2D eigenvalue weighted by molar-refractivity contribution is 7.71. The molecule has 0 aliphatic heterocycles. The van der Waals surface area contributed by atoms with Crippen molar-refractivity contribution in [2.75, 3.05) is 5.73 Å². The topological polar surface area (TPSA) is 105 Å². The van der Waals surface area contributed by atoms with Crippen molar-refractivity contribution in [3.63, 3.8) is 0 Å². The van der Waals surface area contributed by atoms with Crippen molar-refractivity contribution in [1.82, 2.24) is 4.98 Å². The largest absolute Gasteiger partial charge is 0.507 e. The van der Waals surface area contributed by atoms with Crippen LogP contribution < -0.4 is 5.73 Å². The summed E-state index contributed by atoms with van der Waals surface area (Å²) in [6, 6.07) is 4.62. The Hall–Kier alpha value is -2.15. The van der Waals surface area contributed by atoms with E-state index in [2.05, 4.69) is 4.98 Å². The summed E-state index contributed by atoms with van der Waals surface area (Å²) in [5.41, 5.74) is 5.59. The van der Waals surface area contributed by atoms with Gasteiger partial charge in [0.25, 0.3) is 0 Å². The lowest BCUT2D eigenvalue weighted by atomic mass is 10.1. The number of H-pyrrole nitrogens is 1. The van der Waals surface area contributed by atoms with E-state index in [9.17, 15) is 15.2 Å². The van der Waals surface area contributed by atoms with Gasteiger partial charge in [0.05, 0.1) is 15.8 Å². The van der Waals surface area contributed by atoms with Crippen LogP contribution >= 0.6 is 12.2 Å². The smallest absolute Gasteiger partial charge is 0.327 e. The van der Waals surface area contributed by atoms with E-state index >= 15 is 0 Å². The maximum atomic E-state index is 10.8. The van der Waals surface area contributed by atoms with E-state index in [1.807, 2.05) is 0 Å². The Kier molecular flexibility index (Phi) is 2.24. The number of nitrogens with one attached hydrogen (secondary N) is 1. The standard InChI is InChI=1S/C9H7N3O3S/c10-7-6-4(2-1-3-5(6)13)11-9(16)8(7)12(14)15/h1-3,13H,(H3,10,11,16). The second-order valence-corrected chi connectivity index (χ2v) is 3.58. The maximum Gasteiger partial charge on any atom is 0.327 e. The van der Waals surface area contributed by atoms with Crippen LogP contribution in [0.25, 0.3) is 10.9 Å². The van der Waals surface area contributed by atoms with Gasteiger partial charge in [-0.05, 0) is 12.1 Å². The van der Waals surface area contributed by atoms with E-state index < -0.39 is 4.92 Å². The quantitative estimate of drug-likeness (QED) is 0.400. The molecule has 1 heterocycles. The molecule has 2 rings (SSSR count). The maximum absolute atomic E-state index is 10.8. The lowest BCUT2D eigenvalue weighted by Crippen LogP contribution is -1.99. The summed E-state index contributed by atoms with van der Waals surface area (Å²) >= 11 is 4.83. The fraction of sp³-hybridized carbons (Fsp3) is 0. The van der Waals surface area contributed by atoms with Gasteiger partial charge in [-0.2, -0.15) is 0 Å². The number of aromatic nitrogens is 1. The number of aromatic amines is 1. The van der Waals surface area contributed by atoms with E-state index in [-0.39, 0.29) is 27.2 Å². The number of hydrogen-bond donors (Lipinski definition) is 3. The molecule has 1 aromatic carbocycles. The van der Waals surface area contributed by atoms with Crippen LogP contribution in [0.1, 0.15) is 0 Å². The fourth-order valence-corrected chi connectivity index (χ4v) is 1.83. The van der Waals surface area contributed by atoms with Crippen LogP contribution in [0.15, 0.2) is 18.2 Å². The summed E-state index contributed by atoms with van der Waals surface area (Å²) in [6.07, 6.45) is 0. The van der Waals surface area contributed by atoms with Crippen molar-refractivity contribution in [3.05, 3.63) is 33.0 Å². The number of rotatable bonds is 1. The summed E-state index contributed by atoms with van der Waals surface area (Å²) in [5.74, 6) is -0.121. The molecule has 7 heteroatoms. The van der Waals surface area contributed by atoms with Crippen LogP contribution in [0.3, 0.4) is 0 Å². The molecule has 0 bridgehead atoms. The molecule has 4 N–H and O–H groups in total. The monoisotopic (exact) mass is 237 g/mol. The number of phenols is 1. The van der Waals surface area contributed by atoms with Crippen molar-refractivity contribution in [2.45, 2.75) is 0 Å². The van der Waals surface area contributed by atoms with Gasteiger partial charge in [0, 0.05) is 0 Å². The molecule has 0 fully saturated rings. The van der Waals surface area contributed by atoms with Crippen molar-refractivity contribution in [3.8, 4) is 5.75 Å². The molecule has 0 aliphatic carbocycles. The third-order valence-corrected chi connectivity index (χ3v) is 2.51. The number of nitrogens with two attached hydrogens (primary N) is 1. The first-order valence-corrected chi connectivity index (χ1v) is 4.71. The molecule has 16 heavy (non-hydrogen) atoms. The molecule has 0 radical (unpaired) electrons. The van der Waals surface area contributed by atoms with Crippen molar-refractivity contribution < 1.29 is 10.0 Å². The van der Waals surface area contributed by atoms with Crippen LogP contribution in [0, 0.1) is 14.8 Å². The predicted molar refractivity (Wildman–Crippen MR) is 61.9 cm³/mol. The number of phenolic OH excluding ortho intramolecular Hbond substituents is 1. The third-order valence-electron chi connectivity index (χ3n) is 2.21. The first-order chi connectivity index (χ1) is 7.52. The number of nitrogens with zero attached hydrogens (tertiary/aromatic N) is 1. The summed E-state index contributed by atoms with van der Waals surface area (Å²) in [4.78, 5) is 12.7. The minimum absolute atomic E-state index is 0.0550. The Balaban J connectivity index is 3.03. The second kappa shape index (κ2) is 3.46. The lowest BCUT2D eigenvalue weighted by Gasteiger charge is -2.05. The third kappa shape index (κ3) is 1.38. The fourth-order valence-electron chi connectivity index (χ4n) is 1.53. The van der Waals surface area contributed by atoms with Gasteiger partial charge < -0.3 is 15.8 Å². The molecule has 0 spiro atoms. The second-order valence-electron chi connectivity index (χ2n) is 3.17. The van der Waals surface area contributed by atoms with E-state index in [1.165, 1.54) is 6.07 Å². The number of benzene rings is 1. The Morgan fingerprint density at radius 3 is 2.81 bits per heavy atom. The predicted octanol–water partition coefficient (Wildman–Crippen LogP) is 2.09. The van der Waals surface area contributed by atoms with E-state index in [1.54, 1.807) is 12.1 Å². The number of aromatic hydroxyl groups is 1. The van der Waals surface area contributed by atoms with Crippen LogP contribution in [-0.4, -0.2) is 15.0 Å². The zero-order valence-corrected chi connectivity index (χ0v) is 8.75. The summed E-state index contributed by atoms with van der Waals surface area (Å²) in [7, 11) is 0. The molecule has 0 saturated carbocycles. The van der Waals surface area contributed by atoms with Crippen LogP contribution in [0.2, 0.25) is 0 Å². The van der Waals surface area contributed by atoms with Crippen molar-refractivity contribution >= 4 is 34.5 Å². The number of nitrogen functional groups attached to an aromatic ring is 1. The summed E-state index contributed by atoms with van der Waals surface area (Å²) in [6.45, 7) is 0. The number of hydrogen-bond acceptors (Lipinski definition) is 5. The molecule has 0 aliphatic rings. The highest BCUT2D eigenvalue weighted by atomic mass is 32.1. The number of fused-ring (bicyclic) bond motifs is 1. The average molecular weight is 237 g/mol. The average Bonchev–Trinajstić information content (AvgIpc) is 2.15. The summed E-state index contributed by atoms with van der Waals surface area (Å²) in [5, 5.41) is 20.6. The number of anilines is 1. The molecule has 82 valence electrons. The molecule has 6 nitrogen and oxygen atoms in total. The van der Waals surface area contributed by atoms with Gasteiger partial charge in [0.15, 0.2) is 4.64 Å². The summed E-state index contributed by atoms with van der Waals surface area (Å²) < 4.78 is -0.0550. The lowest BCUT2D eigenvalue weighted by molar-refractivity contribution is -0.384. The molecular weight excluding hydrogens is 230 g/mol. The van der Waals surface area contributed by atoms with Crippen molar-refractivity contribution in [2.24, 2.45) is 0 Å². The number of nitro groups is 1. The molecule has 0 amide bonds. The SMILES string of the molecule is Nc1c([N+](=O)[O-])c(=S)[nH]c2cccc(O)c12. The molecular formula is C9H7N3O3S. The van der Waals surface area contributed by atoms with E-state index in [0.717, 1.165) is 0 Å². The van der Waals surface area contributed by atoms with E-state index in [4.69, 9.17) is 18.0 Å². The Bertz CT molecular complexity index is 650. The van der Waals surface area contributed by atoms with Crippen LogP contribution in [0.4, 0.5) is 11.4 Å². The molecule has 0 saturated heterocycles. The first-order valence-electron chi connectivity index (χ1n) is 4.30. The highest BCUT2D eigenvalue weighted by Crippen LogP contribution is 2.35. The van der Waals surface area contributed by atoms with Gasteiger partial charge in [-0.3, -0.25) is 10.1 Å². The normalized spacial score (nSPS) is 10.5. The molecule has 0 atom stereocenters. The Morgan fingerprint density at radius 1 is 1.50 bits per heavy atom. The molecule has 2 aromatic rings. The number of pyridine rings is 1. The van der Waals surface area contributed by atoms with Crippen LogP contribution in [-0.2, 0) is 0 Å². The Morgan fingerprint density at radius 2 is 2.19 bits per heavy atom. The van der Waals surface area contributed by atoms with Gasteiger partial charge in [0.2, 0.25) is 0 Å². The van der Waals surface area contributed by atoms with Crippen LogP contribution in [0.5, 0.6) is 5.75 Å². The van der Waals surface area contributed by atoms with Crippen molar-refractivity contribution in [1.29, 1.82) is 0 Å². The highest BCUT2D eigenvalue weighted by Gasteiger charge is 2.19. The van der Waals surface area contributed by atoms with Gasteiger partial charge >= 0.3 is 5.69 Å². The van der Waals surface area contributed by atoms with Gasteiger partial charge in [-0.15, -0.1) is 0 Å². The van der Waals surface area contributed by atoms with E-state index in [0.29, 0.717) is 5.52 Å². The van der Waals surface area contributed by atoms with Gasteiger partial charge in [-0.25, -0.2) is 0 Å². The first kappa shape index (κ1) is 10.4. The minimum Gasteiger partial charge on any atom is -0.507 e. The van der Waals surface area contributed by atoms with Gasteiger partial charge in [-0.1, -0.05) is 18.3 Å².